The molecule has 1 N–H and O–H groups in total. The maximum absolute atomic E-state index is 12.2. The molecule has 1 unspecified atom stereocenters. The Morgan fingerprint density at radius 1 is 1.60 bits per heavy atom. The van der Waals surface area contributed by atoms with E-state index in [2.05, 4.69) is 18.3 Å². The van der Waals surface area contributed by atoms with Crippen molar-refractivity contribution >= 4 is 33.8 Å². The SMILES string of the molecule is CC1CCc2c(sc(NC(=O)C(C)(C)CCl)c2C#N)C1. The number of rotatable bonds is 3. The van der Waals surface area contributed by atoms with Crippen LogP contribution in [0.3, 0.4) is 0 Å². The van der Waals surface area contributed by atoms with E-state index in [4.69, 9.17) is 11.6 Å². The maximum atomic E-state index is 12.2. The zero-order valence-electron chi connectivity index (χ0n) is 12.0. The number of nitrogens with zero attached hydrogens (tertiary/aromatic N) is 1. The van der Waals surface area contributed by atoms with Crippen LogP contribution in [0, 0.1) is 22.7 Å². The Hall–Kier alpha value is -1.05. The van der Waals surface area contributed by atoms with E-state index in [1.807, 2.05) is 0 Å². The number of hydrogen-bond acceptors (Lipinski definition) is 3. The zero-order valence-corrected chi connectivity index (χ0v) is 13.6. The van der Waals surface area contributed by atoms with Crippen LogP contribution >= 0.6 is 22.9 Å². The first-order valence-electron chi connectivity index (χ1n) is 6.81. The summed E-state index contributed by atoms with van der Waals surface area (Å²) in [6, 6.07) is 2.26. The van der Waals surface area contributed by atoms with Crippen LogP contribution in [0.15, 0.2) is 0 Å². The van der Waals surface area contributed by atoms with Crippen LogP contribution in [0.1, 0.15) is 43.2 Å². The molecule has 0 spiro atoms. The highest BCUT2D eigenvalue weighted by Crippen LogP contribution is 2.39. The molecular weight excluding hydrogens is 292 g/mol. The first-order chi connectivity index (χ1) is 9.39. The summed E-state index contributed by atoms with van der Waals surface area (Å²) in [5, 5.41) is 13.0. The molecule has 0 aliphatic heterocycles. The van der Waals surface area contributed by atoms with Crippen molar-refractivity contribution in [2.75, 3.05) is 11.2 Å². The van der Waals surface area contributed by atoms with Gasteiger partial charge >= 0.3 is 0 Å². The average Bonchev–Trinajstić information content (AvgIpc) is 2.74. The minimum absolute atomic E-state index is 0.129. The topological polar surface area (TPSA) is 52.9 Å². The summed E-state index contributed by atoms with van der Waals surface area (Å²) < 4.78 is 0. The second-order valence-electron chi connectivity index (χ2n) is 6.14. The molecule has 1 aliphatic carbocycles. The van der Waals surface area contributed by atoms with Crippen molar-refractivity contribution < 1.29 is 4.79 Å². The standard InChI is InChI=1S/C15H19ClN2OS/c1-9-4-5-10-11(7-17)13(20-12(10)6-9)18-14(19)15(2,3)8-16/h9H,4-6,8H2,1-3H3,(H,18,19). The van der Waals surface area contributed by atoms with E-state index >= 15 is 0 Å². The number of fused-ring (bicyclic) bond motifs is 1. The van der Waals surface area contributed by atoms with Gasteiger partial charge in [0.15, 0.2) is 0 Å². The summed E-state index contributed by atoms with van der Waals surface area (Å²) in [6.07, 6.45) is 3.05. The Labute approximate surface area is 128 Å². The van der Waals surface area contributed by atoms with Crippen molar-refractivity contribution in [3.63, 3.8) is 0 Å². The number of halogens is 1. The molecule has 0 radical (unpaired) electrons. The summed E-state index contributed by atoms with van der Waals surface area (Å²) in [5.74, 6) is 0.772. The molecule has 1 aromatic rings. The summed E-state index contributed by atoms with van der Waals surface area (Å²) in [4.78, 5) is 13.5. The predicted octanol–water partition coefficient (Wildman–Crippen LogP) is 3.95. The van der Waals surface area contributed by atoms with Crippen molar-refractivity contribution in [1.29, 1.82) is 5.26 Å². The lowest BCUT2D eigenvalue weighted by Gasteiger charge is -2.19. The van der Waals surface area contributed by atoms with Gasteiger partial charge < -0.3 is 5.32 Å². The first-order valence-corrected chi connectivity index (χ1v) is 8.16. The van der Waals surface area contributed by atoms with Gasteiger partial charge in [0.2, 0.25) is 5.91 Å². The molecule has 0 bridgehead atoms. The minimum atomic E-state index is -0.633. The molecule has 5 heteroatoms. The van der Waals surface area contributed by atoms with Gasteiger partial charge in [-0.3, -0.25) is 4.79 Å². The Balaban J connectivity index is 2.30. The molecule has 3 nitrogen and oxygen atoms in total. The number of hydrogen-bond donors (Lipinski definition) is 1. The van der Waals surface area contributed by atoms with Crippen LogP contribution in [0.25, 0.3) is 0 Å². The number of thiophene rings is 1. The summed E-state index contributed by atoms with van der Waals surface area (Å²) in [6.45, 7) is 5.83. The van der Waals surface area contributed by atoms with E-state index in [0.29, 0.717) is 16.5 Å². The van der Waals surface area contributed by atoms with Crippen LogP contribution in [-0.4, -0.2) is 11.8 Å². The van der Waals surface area contributed by atoms with E-state index in [-0.39, 0.29) is 11.8 Å². The molecule has 108 valence electrons. The van der Waals surface area contributed by atoms with Gasteiger partial charge in [0.05, 0.1) is 11.0 Å². The van der Waals surface area contributed by atoms with Gasteiger partial charge in [-0.15, -0.1) is 22.9 Å². The third kappa shape index (κ3) is 2.84. The van der Waals surface area contributed by atoms with Gasteiger partial charge in [-0.25, -0.2) is 0 Å². The molecule has 0 aromatic carbocycles. The van der Waals surface area contributed by atoms with Crippen LogP contribution < -0.4 is 5.32 Å². The number of anilines is 1. The highest BCUT2D eigenvalue weighted by atomic mass is 35.5. The highest BCUT2D eigenvalue weighted by Gasteiger charge is 2.30. The Bertz CT molecular complexity index is 571. The van der Waals surface area contributed by atoms with Gasteiger partial charge in [-0.05, 0) is 44.6 Å². The van der Waals surface area contributed by atoms with E-state index in [0.717, 1.165) is 24.8 Å². The summed E-state index contributed by atoms with van der Waals surface area (Å²) >= 11 is 7.37. The fraction of sp³-hybridized carbons (Fsp3) is 0.600. The molecule has 1 aromatic heterocycles. The summed E-state index contributed by atoms with van der Waals surface area (Å²) in [5.41, 5.74) is 1.15. The molecular formula is C15H19ClN2OS. The van der Waals surface area contributed by atoms with Crippen LogP contribution in [0.4, 0.5) is 5.00 Å². The van der Waals surface area contributed by atoms with Crippen molar-refractivity contribution in [1.82, 2.24) is 0 Å². The molecule has 1 heterocycles. The van der Waals surface area contributed by atoms with Crippen molar-refractivity contribution in [2.45, 2.75) is 40.0 Å². The lowest BCUT2D eigenvalue weighted by molar-refractivity contribution is -0.122. The number of carbonyl (C=O) groups excluding carboxylic acids is 1. The van der Waals surface area contributed by atoms with Gasteiger partial charge in [0, 0.05) is 10.8 Å². The first kappa shape index (κ1) is 15.3. The number of amides is 1. The fourth-order valence-electron chi connectivity index (χ4n) is 2.29. The second kappa shape index (κ2) is 5.75. The van der Waals surface area contributed by atoms with Crippen LogP contribution in [0.2, 0.25) is 0 Å². The van der Waals surface area contributed by atoms with E-state index in [1.165, 1.54) is 4.88 Å². The van der Waals surface area contributed by atoms with Gasteiger partial charge in [-0.1, -0.05) is 6.92 Å². The molecule has 2 rings (SSSR count). The smallest absolute Gasteiger partial charge is 0.231 e. The normalized spacial score (nSPS) is 18.2. The quantitative estimate of drug-likeness (QED) is 0.859. The van der Waals surface area contributed by atoms with E-state index in [1.54, 1.807) is 25.2 Å². The van der Waals surface area contributed by atoms with Gasteiger partial charge in [-0.2, -0.15) is 5.26 Å². The van der Waals surface area contributed by atoms with Crippen molar-refractivity contribution in [3.8, 4) is 6.07 Å². The largest absolute Gasteiger partial charge is 0.316 e. The predicted molar refractivity (Wildman–Crippen MR) is 83.4 cm³/mol. The van der Waals surface area contributed by atoms with Crippen LogP contribution in [0.5, 0.6) is 0 Å². The lowest BCUT2D eigenvalue weighted by atomic mass is 9.88. The number of nitriles is 1. The lowest BCUT2D eigenvalue weighted by Crippen LogP contribution is -2.32. The van der Waals surface area contributed by atoms with Gasteiger partial charge in [0.1, 0.15) is 11.1 Å². The highest BCUT2D eigenvalue weighted by molar-refractivity contribution is 7.16. The Morgan fingerprint density at radius 2 is 2.30 bits per heavy atom. The second-order valence-corrected chi connectivity index (χ2v) is 7.51. The average molecular weight is 311 g/mol. The zero-order chi connectivity index (χ0) is 14.9. The molecule has 1 atom stereocenters. The molecule has 0 saturated carbocycles. The van der Waals surface area contributed by atoms with E-state index < -0.39 is 5.41 Å². The molecule has 1 amide bonds. The molecule has 20 heavy (non-hydrogen) atoms. The third-order valence-electron chi connectivity index (χ3n) is 3.80. The molecule has 1 aliphatic rings. The minimum Gasteiger partial charge on any atom is -0.316 e. The Kier molecular flexibility index (Phi) is 4.41. The van der Waals surface area contributed by atoms with E-state index in [9.17, 15) is 10.1 Å². The number of alkyl halides is 1. The monoisotopic (exact) mass is 310 g/mol. The molecule has 0 saturated heterocycles. The third-order valence-corrected chi connectivity index (χ3v) is 5.64. The van der Waals surface area contributed by atoms with Crippen molar-refractivity contribution in [2.24, 2.45) is 11.3 Å². The molecule has 0 fully saturated rings. The Morgan fingerprint density at radius 3 is 2.90 bits per heavy atom. The fourth-order valence-corrected chi connectivity index (χ4v) is 3.77. The van der Waals surface area contributed by atoms with Crippen LogP contribution in [-0.2, 0) is 17.6 Å². The number of nitrogens with one attached hydrogen (secondary N) is 1. The maximum Gasteiger partial charge on any atom is 0.231 e. The summed E-state index contributed by atoms with van der Waals surface area (Å²) in [7, 11) is 0. The number of carbonyl (C=O) groups is 1. The van der Waals surface area contributed by atoms with Crippen molar-refractivity contribution in [3.05, 3.63) is 16.0 Å². The van der Waals surface area contributed by atoms with Gasteiger partial charge in [0.25, 0.3) is 0 Å².